The molecule has 1 N–H and O–H groups in total. The Hall–Kier alpha value is -1.20. The fraction of sp³-hybridized carbons (Fsp3) is 0.409. The summed E-state index contributed by atoms with van der Waals surface area (Å²) in [5, 5.41) is 9.35. The second kappa shape index (κ2) is 13.2. The summed E-state index contributed by atoms with van der Waals surface area (Å²) < 4.78 is 0. The van der Waals surface area contributed by atoms with Crippen LogP contribution in [0.2, 0.25) is 0 Å². The van der Waals surface area contributed by atoms with Gasteiger partial charge in [-0.1, -0.05) is 48.9 Å². The predicted molar refractivity (Wildman–Crippen MR) is 131 cm³/mol. The summed E-state index contributed by atoms with van der Waals surface area (Å²) in [6.07, 6.45) is 4.07. The van der Waals surface area contributed by atoms with Gasteiger partial charge in [0.15, 0.2) is 0 Å². The number of benzene rings is 2. The van der Waals surface area contributed by atoms with Crippen molar-refractivity contribution in [1.29, 1.82) is 0 Å². The van der Waals surface area contributed by atoms with E-state index in [1.807, 2.05) is 41.7 Å². The first kappa shape index (κ1) is 24.1. The molecule has 29 heavy (non-hydrogen) atoms. The van der Waals surface area contributed by atoms with E-state index in [-0.39, 0.29) is 6.42 Å². The third-order valence-corrected chi connectivity index (χ3v) is 7.23. The Balaban J connectivity index is 1.80. The minimum absolute atomic E-state index is 0.253. The molecule has 0 aliphatic heterocycles. The zero-order chi connectivity index (χ0) is 21.1. The lowest BCUT2D eigenvalue weighted by Crippen LogP contribution is -2.40. The van der Waals surface area contributed by atoms with Crippen molar-refractivity contribution in [3.05, 3.63) is 53.6 Å². The molecule has 0 aliphatic carbocycles. The Morgan fingerprint density at radius 2 is 1.69 bits per heavy atom. The lowest BCUT2D eigenvalue weighted by molar-refractivity contribution is -0.137. The van der Waals surface area contributed by atoms with Crippen LogP contribution in [0, 0.1) is 0 Å². The average Bonchev–Trinajstić information content (AvgIpc) is 2.72. The van der Waals surface area contributed by atoms with Crippen LogP contribution >= 0.6 is 23.5 Å². The van der Waals surface area contributed by atoms with E-state index in [9.17, 15) is 4.79 Å². The number of hydrogen-bond donors (Lipinski definition) is 1. The topological polar surface area (TPSA) is 37.3 Å². The van der Waals surface area contributed by atoms with E-state index in [2.05, 4.69) is 24.3 Å². The molecule has 1 unspecified atom stereocenters. The number of aliphatic carboxylic acids is 1. The standard InChI is InChI=1S/C22H25B3O2S2/c23-19-11-10-17(21(24)22(19)25)15-28-13-12-18(8-4-5-9-20(26)27)29-14-16-6-2-1-3-7-16/h1-3,6-7,10-11,18H,4-5,8-9,12-15H2,(H,26,27). The Labute approximate surface area is 187 Å². The molecule has 2 nitrogen and oxygen atoms in total. The minimum Gasteiger partial charge on any atom is -0.481 e. The van der Waals surface area contributed by atoms with Crippen molar-refractivity contribution in [2.45, 2.75) is 48.9 Å². The summed E-state index contributed by atoms with van der Waals surface area (Å²) in [7, 11) is 17.8. The fourth-order valence-electron chi connectivity index (χ4n) is 2.97. The lowest BCUT2D eigenvalue weighted by Gasteiger charge is -2.17. The molecule has 6 radical (unpaired) electrons. The summed E-state index contributed by atoms with van der Waals surface area (Å²) in [5.74, 6) is 2.10. The number of carboxylic acid groups (broad SMARTS) is 1. The number of hydrogen-bond acceptors (Lipinski definition) is 3. The summed E-state index contributed by atoms with van der Waals surface area (Å²) >= 11 is 3.81. The summed E-state index contributed by atoms with van der Waals surface area (Å²) in [4.78, 5) is 10.7. The van der Waals surface area contributed by atoms with E-state index in [0.29, 0.717) is 21.6 Å². The number of rotatable bonds is 13. The molecule has 0 fully saturated rings. The molecule has 0 aliphatic rings. The van der Waals surface area contributed by atoms with Crippen LogP contribution in [0.15, 0.2) is 42.5 Å². The number of unbranched alkanes of at least 4 members (excludes halogenated alkanes) is 1. The highest BCUT2D eigenvalue weighted by atomic mass is 32.2. The molecule has 0 spiro atoms. The Kier molecular flexibility index (Phi) is 10.9. The highest BCUT2D eigenvalue weighted by Crippen LogP contribution is 2.27. The molecule has 146 valence electrons. The quantitative estimate of drug-likeness (QED) is 0.401. The first-order valence-electron chi connectivity index (χ1n) is 9.84. The van der Waals surface area contributed by atoms with Crippen molar-refractivity contribution in [3.8, 4) is 0 Å². The van der Waals surface area contributed by atoms with Gasteiger partial charge in [0, 0.05) is 23.2 Å². The van der Waals surface area contributed by atoms with Crippen molar-refractivity contribution in [3.63, 3.8) is 0 Å². The molecule has 1 atom stereocenters. The Bertz CT molecular complexity index is 772. The lowest BCUT2D eigenvalue weighted by atomic mass is 9.71. The van der Waals surface area contributed by atoms with Crippen LogP contribution in [0.4, 0.5) is 0 Å². The highest BCUT2D eigenvalue weighted by molar-refractivity contribution is 7.99. The molecule has 0 aromatic heterocycles. The van der Waals surface area contributed by atoms with Gasteiger partial charge in [-0.25, -0.2) is 0 Å². The largest absolute Gasteiger partial charge is 0.481 e. The van der Waals surface area contributed by atoms with E-state index < -0.39 is 5.97 Å². The average molecular weight is 418 g/mol. The maximum absolute atomic E-state index is 10.7. The monoisotopic (exact) mass is 418 g/mol. The SMILES string of the molecule is [B]c1ccc(CSCCC(CCCCC(=O)O)SCc2ccccc2)c([B])c1[B]. The van der Waals surface area contributed by atoms with Gasteiger partial charge in [-0.2, -0.15) is 23.5 Å². The van der Waals surface area contributed by atoms with Crippen LogP contribution in [0.1, 0.15) is 43.2 Å². The first-order chi connectivity index (χ1) is 14.0. The van der Waals surface area contributed by atoms with Crippen LogP contribution in [0.25, 0.3) is 0 Å². The maximum atomic E-state index is 10.7. The van der Waals surface area contributed by atoms with Gasteiger partial charge in [-0.3, -0.25) is 4.79 Å². The zero-order valence-electron chi connectivity index (χ0n) is 16.7. The molecule has 2 aromatic rings. The number of carboxylic acids is 1. The predicted octanol–water partition coefficient (Wildman–Crippen LogP) is 2.64. The van der Waals surface area contributed by atoms with Crippen molar-refractivity contribution in [2.24, 2.45) is 0 Å². The van der Waals surface area contributed by atoms with Gasteiger partial charge in [0.1, 0.15) is 23.5 Å². The van der Waals surface area contributed by atoms with Gasteiger partial charge in [0.2, 0.25) is 0 Å². The van der Waals surface area contributed by atoms with Gasteiger partial charge in [-0.15, -0.1) is 16.4 Å². The van der Waals surface area contributed by atoms with Gasteiger partial charge in [0.25, 0.3) is 0 Å². The van der Waals surface area contributed by atoms with E-state index >= 15 is 0 Å². The molecule has 0 amide bonds. The second-order valence-corrected chi connectivity index (χ2v) is 9.43. The van der Waals surface area contributed by atoms with Crippen LogP contribution in [0.5, 0.6) is 0 Å². The Morgan fingerprint density at radius 3 is 2.41 bits per heavy atom. The van der Waals surface area contributed by atoms with E-state index in [4.69, 9.17) is 28.6 Å². The summed E-state index contributed by atoms with van der Waals surface area (Å²) in [6.45, 7) is 0. The molecule has 0 bridgehead atoms. The van der Waals surface area contributed by atoms with Crippen LogP contribution in [0.3, 0.4) is 0 Å². The van der Waals surface area contributed by atoms with Crippen molar-refractivity contribution < 1.29 is 9.90 Å². The minimum atomic E-state index is -0.714. The third kappa shape index (κ3) is 9.00. The molecule has 2 rings (SSSR count). The van der Waals surface area contributed by atoms with Crippen LogP contribution < -0.4 is 16.4 Å². The normalized spacial score (nSPS) is 12.0. The van der Waals surface area contributed by atoms with Crippen LogP contribution in [-0.2, 0) is 16.3 Å². The molecular weight excluding hydrogens is 393 g/mol. The summed E-state index contributed by atoms with van der Waals surface area (Å²) in [5.41, 5.74) is 3.93. The van der Waals surface area contributed by atoms with Gasteiger partial charge in [-0.05, 0) is 36.1 Å². The Morgan fingerprint density at radius 1 is 0.931 bits per heavy atom. The van der Waals surface area contributed by atoms with Crippen molar-refractivity contribution in [1.82, 2.24) is 0 Å². The zero-order valence-corrected chi connectivity index (χ0v) is 18.3. The van der Waals surface area contributed by atoms with E-state index in [1.165, 1.54) is 5.56 Å². The molecular formula is C22H25B3O2S2. The molecule has 0 saturated heterocycles. The van der Waals surface area contributed by atoms with Gasteiger partial charge < -0.3 is 5.11 Å². The maximum Gasteiger partial charge on any atom is 0.303 e. The van der Waals surface area contributed by atoms with Crippen LogP contribution in [-0.4, -0.2) is 45.6 Å². The number of carbonyl (C=O) groups is 1. The second-order valence-electron chi connectivity index (χ2n) is 7.04. The third-order valence-electron chi connectivity index (χ3n) is 4.75. The van der Waals surface area contributed by atoms with Gasteiger partial charge >= 0.3 is 5.97 Å². The van der Waals surface area contributed by atoms with Crippen molar-refractivity contribution in [2.75, 3.05) is 5.75 Å². The highest BCUT2D eigenvalue weighted by Gasteiger charge is 2.11. The first-order valence-corrected chi connectivity index (χ1v) is 12.0. The molecule has 2 aromatic carbocycles. The molecule has 0 heterocycles. The number of thioether (sulfide) groups is 2. The molecule has 0 saturated carbocycles. The molecule has 7 heteroatoms. The van der Waals surface area contributed by atoms with E-state index in [1.54, 1.807) is 0 Å². The van der Waals surface area contributed by atoms with Gasteiger partial charge in [0.05, 0.1) is 0 Å². The van der Waals surface area contributed by atoms with Crippen molar-refractivity contribution >= 4 is 69.4 Å². The fourth-order valence-corrected chi connectivity index (χ4v) is 5.42. The van der Waals surface area contributed by atoms with E-state index in [0.717, 1.165) is 48.5 Å². The summed E-state index contributed by atoms with van der Waals surface area (Å²) in [6, 6.07) is 14.2. The smallest absolute Gasteiger partial charge is 0.303 e.